The van der Waals surface area contributed by atoms with E-state index in [0.717, 1.165) is 18.7 Å². The zero-order valence-electron chi connectivity index (χ0n) is 18.7. The number of fused-ring (bicyclic) bond motifs is 1. The smallest absolute Gasteiger partial charge is 0.454 e. The van der Waals surface area contributed by atoms with Gasteiger partial charge in [-0.25, -0.2) is 10.1 Å². The number of hydrogen-bond acceptors (Lipinski definition) is 8. The summed E-state index contributed by atoms with van der Waals surface area (Å²) in [5.74, 6) is 0.673. The van der Waals surface area contributed by atoms with E-state index in [1.807, 2.05) is 6.92 Å². The largest absolute Gasteiger partial charge is 0.497 e. The zero-order valence-corrected chi connectivity index (χ0v) is 18.7. The Hall–Kier alpha value is -2.96. The number of nitrogens with zero attached hydrogens (tertiary/aromatic N) is 2. The number of nitrogens with one attached hydrogen (secondary N) is 1. The van der Waals surface area contributed by atoms with Crippen LogP contribution in [0.2, 0.25) is 0 Å². The molecule has 1 aromatic carbocycles. The van der Waals surface area contributed by atoms with Gasteiger partial charge in [0.2, 0.25) is 0 Å². The van der Waals surface area contributed by atoms with Gasteiger partial charge in [0.15, 0.2) is 0 Å². The number of morpholine rings is 1. The molecule has 2 heterocycles. The van der Waals surface area contributed by atoms with Crippen molar-refractivity contribution in [1.82, 2.24) is 4.90 Å². The summed E-state index contributed by atoms with van der Waals surface area (Å²) in [6.07, 6.45) is -1.08. The van der Waals surface area contributed by atoms with Crippen molar-refractivity contribution in [3.63, 3.8) is 0 Å². The highest BCUT2D eigenvalue weighted by atomic mass is 19.4. The quantitative estimate of drug-likeness (QED) is 0.344. The van der Waals surface area contributed by atoms with Crippen LogP contribution < -0.4 is 16.2 Å². The minimum Gasteiger partial charge on any atom is -0.497 e. The van der Waals surface area contributed by atoms with Gasteiger partial charge in [-0.15, -0.1) is 0 Å². The third-order valence-corrected chi connectivity index (χ3v) is 5.45. The minimum absolute atomic E-state index is 0.0638. The number of ether oxygens (including phenoxy) is 3. The van der Waals surface area contributed by atoms with Gasteiger partial charge in [0.25, 0.3) is 0 Å². The summed E-state index contributed by atoms with van der Waals surface area (Å²) in [5.41, 5.74) is 11.0. The van der Waals surface area contributed by atoms with Crippen LogP contribution in [0.25, 0.3) is 0 Å². The fraction of sp³-hybridized carbons (Fsp3) is 0.455. The SMILES string of the molecule is COC1=CC(=NC2c3ccc(F)cc3OCC2N2CCOC(C)C2)C(=N)C(N)=C1.NC(F)(F)F. The topological polar surface area (TPSA) is 119 Å². The van der Waals surface area contributed by atoms with Gasteiger partial charge in [0, 0.05) is 36.9 Å². The summed E-state index contributed by atoms with van der Waals surface area (Å²) in [4.78, 5) is 7.20. The van der Waals surface area contributed by atoms with Crippen molar-refractivity contribution in [2.24, 2.45) is 16.5 Å². The fourth-order valence-electron chi connectivity index (χ4n) is 3.95. The lowest BCUT2D eigenvalue weighted by Gasteiger charge is -2.42. The molecule has 186 valence electrons. The van der Waals surface area contributed by atoms with Gasteiger partial charge in [0.1, 0.15) is 29.6 Å². The molecular weight excluding hydrogens is 458 g/mol. The molecule has 1 aliphatic carbocycles. The average molecular weight is 485 g/mol. The molecule has 0 spiro atoms. The molecule has 1 saturated heterocycles. The van der Waals surface area contributed by atoms with E-state index in [0.29, 0.717) is 36.1 Å². The predicted molar refractivity (Wildman–Crippen MR) is 118 cm³/mol. The lowest BCUT2D eigenvalue weighted by molar-refractivity contribution is -0.122. The van der Waals surface area contributed by atoms with Crippen molar-refractivity contribution < 1.29 is 31.8 Å². The van der Waals surface area contributed by atoms with Gasteiger partial charge in [-0.3, -0.25) is 15.3 Å². The Bertz CT molecular complexity index is 1000. The lowest BCUT2D eigenvalue weighted by Crippen LogP contribution is -2.52. The molecule has 1 aromatic rings. The summed E-state index contributed by atoms with van der Waals surface area (Å²) in [6.45, 7) is 4.57. The molecule has 0 aromatic heterocycles. The number of alkyl halides is 3. The second-order valence-electron chi connectivity index (χ2n) is 7.96. The molecule has 3 atom stereocenters. The van der Waals surface area contributed by atoms with Crippen LogP contribution in [0.3, 0.4) is 0 Å². The molecule has 0 radical (unpaired) electrons. The van der Waals surface area contributed by atoms with Crippen LogP contribution in [-0.2, 0) is 9.47 Å². The summed E-state index contributed by atoms with van der Waals surface area (Å²) < 4.78 is 61.0. The Labute approximate surface area is 194 Å². The molecule has 3 aliphatic rings. The summed E-state index contributed by atoms with van der Waals surface area (Å²) in [5, 5.41) is 8.35. The Morgan fingerprint density at radius 1 is 1.26 bits per heavy atom. The fourth-order valence-corrected chi connectivity index (χ4v) is 3.95. The van der Waals surface area contributed by atoms with Crippen LogP contribution >= 0.6 is 0 Å². The molecule has 2 aliphatic heterocycles. The first kappa shape index (κ1) is 25.7. The first-order valence-corrected chi connectivity index (χ1v) is 10.5. The maximum Gasteiger partial charge on any atom is 0.454 e. The molecule has 3 unspecified atom stereocenters. The van der Waals surface area contributed by atoms with E-state index in [1.54, 1.807) is 25.3 Å². The Morgan fingerprint density at radius 2 is 1.97 bits per heavy atom. The summed E-state index contributed by atoms with van der Waals surface area (Å²) >= 11 is 0. The first-order chi connectivity index (χ1) is 16.0. The number of rotatable bonds is 3. The number of halogens is 4. The van der Waals surface area contributed by atoms with Gasteiger partial charge in [0.05, 0.1) is 43.3 Å². The number of methoxy groups -OCH3 is 1. The van der Waals surface area contributed by atoms with E-state index < -0.39 is 6.30 Å². The molecule has 0 saturated carbocycles. The zero-order chi connectivity index (χ0) is 25.0. The van der Waals surface area contributed by atoms with Crippen LogP contribution in [0.4, 0.5) is 17.6 Å². The van der Waals surface area contributed by atoms with Crippen molar-refractivity contribution in [2.45, 2.75) is 31.4 Å². The van der Waals surface area contributed by atoms with Crippen molar-refractivity contribution in [1.29, 1.82) is 5.41 Å². The van der Waals surface area contributed by atoms with Crippen LogP contribution in [0.1, 0.15) is 18.5 Å². The molecule has 0 amide bonds. The molecule has 8 nitrogen and oxygen atoms in total. The maximum atomic E-state index is 13.8. The summed E-state index contributed by atoms with van der Waals surface area (Å²) in [6, 6.07) is 4.11. The third-order valence-electron chi connectivity index (χ3n) is 5.45. The highest BCUT2D eigenvalue weighted by Gasteiger charge is 2.37. The van der Waals surface area contributed by atoms with E-state index in [-0.39, 0.29) is 29.7 Å². The molecule has 1 fully saturated rings. The van der Waals surface area contributed by atoms with Crippen molar-refractivity contribution in [2.75, 3.05) is 33.4 Å². The van der Waals surface area contributed by atoms with E-state index in [9.17, 15) is 17.6 Å². The molecule has 4 rings (SSSR count). The lowest BCUT2D eigenvalue weighted by atomic mass is 9.94. The number of nitrogens with two attached hydrogens (primary N) is 2. The maximum absolute atomic E-state index is 13.8. The van der Waals surface area contributed by atoms with Gasteiger partial charge in [-0.05, 0) is 13.0 Å². The van der Waals surface area contributed by atoms with Crippen molar-refractivity contribution in [3.8, 4) is 5.75 Å². The summed E-state index contributed by atoms with van der Waals surface area (Å²) in [7, 11) is 1.55. The monoisotopic (exact) mass is 485 g/mol. The van der Waals surface area contributed by atoms with E-state index in [4.69, 9.17) is 30.3 Å². The van der Waals surface area contributed by atoms with Crippen LogP contribution in [0.5, 0.6) is 5.75 Å². The van der Waals surface area contributed by atoms with Crippen LogP contribution in [-0.4, -0.2) is 68.2 Å². The van der Waals surface area contributed by atoms with Gasteiger partial charge in [-0.2, -0.15) is 13.2 Å². The number of allylic oxidation sites excluding steroid dienone is 3. The van der Waals surface area contributed by atoms with Crippen LogP contribution in [0.15, 0.2) is 46.8 Å². The van der Waals surface area contributed by atoms with E-state index >= 15 is 0 Å². The molecule has 0 bridgehead atoms. The molecular formula is C22H27F4N5O3. The Balaban J connectivity index is 0.000000588. The first-order valence-electron chi connectivity index (χ1n) is 10.5. The second-order valence-corrected chi connectivity index (χ2v) is 7.96. The number of benzene rings is 1. The van der Waals surface area contributed by atoms with Gasteiger partial charge < -0.3 is 19.9 Å². The number of aliphatic imine (C=N–C) groups is 1. The molecule has 5 N–H and O–H groups in total. The van der Waals surface area contributed by atoms with Crippen LogP contribution in [0, 0.1) is 11.2 Å². The number of hydrogen-bond donors (Lipinski definition) is 3. The van der Waals surface area contributed by atoms with Gasteiger partial charge in [-0.1, -0.05) is 6.07 Å². The predicted octanol–water partition coefficient (Wildman–Crippen LogP) is 2.66. The normalized spacial score (nSPS) is 26.5. The van der Waals surface area contributed by atoms with Crippen molar-refractivity contribution >= 4 is 11.4 Å². The van der Waals surface area contributed by atoms with E-state index in [1.165, 1.54) is 12.1 Å². The minimum atomic E-state index is -4.50. The molecule has 12 heteroatoms. The van der Waals surface area contributed by atoms with E-state index in [2.05, 4.69) is 10.6 Å². The highest BCUT2D eigenvalue weighted by molar-refractivity contribution is 6.51. The van der Waals surface area contributed by atoms with Crippen molar-refractivity contribution in [3.05, 3.63) is 53.2 Å². The standard InChI is InChI=1S/C21H25FN4O3.CH2F3N/c1-12-10-26(5-6-28-12)18-11-29-19-7-13(22)3-4-15(19)21(18)25-17-9-14(27-2)8-16(23)20(17)24;2-1(3,4)5/h3-4,7-9,12,18,21,24H,5-6,10-11,23H2,1-2H3;5H2. The Kier molecular flexibility index (Phi) is 7.95. The average Bonchev–Trinajstić information content (AvgIpc) is 2.75. The molecule has 34 heavy (non-hydrogen) atoms. The second kappa shape index (κ2) is 10.5. The third kappa shape index (κ3) is 6.55. The highest BCUT2D eigenvalue weighted by Crippen LogP contribution is 2.38. The Morgan fingerprint density at radius 3 is 2.62 bits per heavy atom. The van der Waals surface area contributed by atoms with Gasteiger partial charge >= 0.3 is 6.30 Å².